The molecule has 2 aromatic carbocycles. The molecule has 98 valence electrons. The zero-order valence-electron chi connectivity index (χ0n) is 11.4. The van der Waals surface area contributed by atoms with Crippen LogP contribution in [0.3, 0.4) is 0 Å². The number of aryl methyl sites for hydroxylation is 1. The Labute approximate surface area is 114 Å². The van der Waals surface area contributed by atoms with Crippen LogP contribution in [-0.4, -0.2) is 17.9 Å². The molecule has 3 nitrogen and oxygen atoms in total. The monoisotopic (exact) mass is 253 g/mol. The van der Waals surface area contributed by atoms with Crippen molar-refractivity contribution >= 4 is 11.6 Å². The van der Waals surface area contributed by atoms with E-state index in [1.54, 1.807) is 0 Å². The standard InChI is InChI=1S/C16H19N3/c1-13-8-6-7-9-14(13)12-19(2)16(17)18-15-10-4-3-5-11-15/h3-11H,12H2,1-2H3,(H2,17,18). The van der Waals surface area contributed by atoms with Crippen molar-refractivity contribution in [1.82, 2.24) is 4.90 Å². The predicted octanol–water partition coefficient (Wildman–Crippen LogP) is 3.07. The Kier molecular flexibility index (Phi) is 4.18. The van der Waals surface area contributed by atoms with E-state index in [2.05, 4.69) is 24.0 Å². The van der Waals surface area contributed by atoms with E-state index in [0.29, 0.717) is 5.96 Å². The molecule has 2 aromatic rings. The number of hydrogen-bond acceptors (Lipinski definition) is 1. The van der Waals surface area contributed by atoms with Crippen molar-refractivity contribution in [3.63, 3.8) is 0 Å². The molecular formula is C16H19N3. The molecular weight excluding hydrogens is 234 g/mol. The molecule has 0 radical (unpaired) electrons. The zero-order chi connectivity index (χ0) is 13.7. The van der Waals surface area contributed by atoms with Crippen molar-refractivity contribution in [3.05, 3.63) is 65.7 Å². The minimum atomic E-state index is 0.523. The van der Waals surface area contributed by atoms with Gasteiger partial charge in [0, 0.05) is 13.6 Å². The molecule has 0 fully saturated rings. The Balaban J connectivity index is 2.10. The lowest BCUT2D eigenvalue weighted by Gasteiger charge is -2.19. The summed E-state index contributed by atoms with van der Waals surface area (Å²) >= 11 is 0. The van der Waals surface area contributed by atoms with Gasteiger partial charge in [-0.1, -0.05) is 42.5 Å². The lowest BCUT2D eigenvalue weighted by atomic mass is 10.1. The average molecular weight is 253 g/mol. The summed E-state index contributed by atoms with van der Waals surface area (Å²) in [6.07, 6.45) is 0. The van der Waals surface area contributed by atoms with Gasteiger partial charge in [0.15, 0.2) is 5.96 Å². The summed E-state index contributed by atoms with van der Waals surface area (Å²) in [6.45, 7) is 2.86. The van der Waals surface area contributed by atoms with Crippen molar-refractivity contribution in [2.24, 2.45) is 10.7 Å². The van der Waals surface area contributed by atoms with Crippen LogP contribution in [0.2, 0.25) is 0 Å². The van der Waals surface area contributed by atoms with E-state index in [-0.39, 0.29) is 0 Å². The van der Waals surface area contributed by atoms with E-state index in [0.717, 1.165) is 12.2 Å². The van der Waals surface area contributed by atoms with E-state index in [4.69, 9.17) is 5.73 Å². The van der Waals surface area contributed by atoms with Crippen LogP contribution in [0.25, 0.3) is 0 Å². The van der Waals surface area contributed by atoms with Gasteiger partial charge in [-0.3, -0.25) is 0 Å². The summed E-state index contributed by atoms with van der Waals surface area (Å²) in [5.41, 5.74) is 9.42. The lowest BCUT2D eigenvalue weighted by molar-refractivity contribution is 0.493. The quantitative estimate of drug-likeness (QED) is 0.674. The summed E-state index contributed by atoms with van der Waals surface area (Å²) in [5.74, 6) is 0.523. The third kappa shape index (κ3) is 3.58. The number of guanidine groups is 1. The molecule has 0 aliphatic rings. The molecule has 0 aliphatic carbocycles. The molecule has 0 atom stereocenters. The van der Waals surface area contributed by atoms with E-state index in [9.17, 15) is 0 Å². The number of nitrogens with zero attached hydrogens (tertiary/aromatic N) is 2. The number of rotatable bonds is 3. The number of para-hydroxylation sites is 1. The molecule has 0 unspecified atom stereocenters. The first-order chi connectivity index (χ1) is 9.16. The highest BCUT2D eigenvalue weighted by molar-refractivity contribution is 5.80. The third-order valence-corrected chi connectivity index (χ3v) is 3.06. The van der Waals surface area contributed by atoms with Gasteiger partial charge in [0.2, 0.25) is 0 Å². The van der Waals surface area contributed by atoms with Crippen molar-refractivity contribution in [1.29, 1.82) is 0 Å². The highest BCUT2D eigenvalue weighted by atomic mass is 15.2. The van der Waals surface area contributed by atoms with Crippen molar-refractivity contribution in [3.8, 4) is 0 Å². The highest BCUT2D eigenvalue weighted by Crippen LogP contribution is 2.12. The Morgan fingerprint density at radius 3 is 2.37 bits per heavy atom. The van der Waals surface area contributed by atoms with E-state index >= 15 is 0 Å². The van der Waals surface area contributed by atoms with Crippen LogP contribution in [0.15, 0.2) is 59.6 Å². The van der Waals surface area contributed by atoms with E-state index in [1.165, 1.54) is 11.1 Å². The molecule has 0 saturated heterocycles. The molecule has 0 aliphatic heterocycles. The van der Waals surface area contributed by atoms with E-state index < -0.39 is 0 Å². The molecule has 0 saturated carbocycles. The molecule has 2 rings (SSSR count). The SMILES string of the molecule is Cc1ccccc1CN(C)C(N)=Nc1ccccc1. The second-order valence-corrected chi connectivity index (χ2v) is 4.59. The minimum Gasteiger partial charge on any atom is -0.369 e. The van der Waals surface area contributed by atoms with Gasteiger partial charge in [0.05, 0.1) is 5.69 Å². The molecule has 0 heterocycles. The van der Waals surface area contributed by atoms with Crippen molar-refractivity contribution < 1.29 is 0 Å². The predicted molar refractivity (Wildman–Crippen MR) is 80.4 cm³/mol. The molecule has 2 N–H and O–H groups in total. The first-order valence-electron chi connectivity index (χ1n) is 6.31. The summed E-state index contributed by atoms with van der Waals surface area (Å²) in [5, 5.41) is 0. The second-order valence-electron chi connectivity index (χ2n) is 4.59. The third-order valence-electron chi connectivity index (χ3n) is 3.06. The number of benzene rings is 2. The Bertz CT molecular complexity index is 561. The Morgan fingerprint density at radius 1 is 1.05 bits per heavy atom. The first kappa shape index (κ1) is 13.1. The Morgan fingerprint density at radius 2 is 1.68 bits per heavy atom. The average Bonchev–Trinajstić information content (AvgIpc) is 2.42. The maximum Gasteiger partial charge on any atom is 0.196 e. The topological polar surface area (TPSA) is 41.6 Å². The fourth-order valence-corrected chi connectivity index (χ4v) is 1.84. The van der Waals surface area contributed by atoms with Gasteiger partial charge >= 0.3 is 0 Å². The van der Waals surface area contributed by atoms with Gasteiger partial charge in [-0.15, -0.1) is 0 Å². The molecule has 19 heavy (non-hydrogen) atoms. The number of nitrogens with two attached hydrogens (primary N) is 1. The van der Waals surface area contributed by atoms with Gasteiger partial charge in [0.1, 0.15) is 0 Å². The van der Waals surface area contributed by atoms with Crippen LogP contribution in [0.1, 0.15) is 11.1 Å². The fourth-order valence-electron chi connectivity index (χ4n) is 1.84. The van der Waals surface area contributed by atoms with Crippen LogP contribution in [0.4, 0.5) is 5.69 Å². The maximum atomic E-state index is 6.02. The van der Waals surface area contributed by atoms with E-state index in [1.807, 2.05) is 54.4 Å². The first-order valence-corrected chi connectivity index (χ1v) is 6.31. The molecule has 0 spiro atoms. The molecule has 3 heteroatoms. The number of hydrogen-bond donors (Lipinski definition) is 1. The van der Waals surface area contributed by atoms with Crippen LogP contribution < -0.4 is 5.73 Å². The minimum absolute atomic E-state index is 0.523. The smallest absolute Gasteiger partial charge is 0.196 e. The highest BCUT2D eigenvalue weighted by Gasteiger charge is 2.05. The molecule has 0 bridgehead atoms. The van der Waals surface area contributed by atoms with Gasteiger partial charge in [-0.2, -0.15) is 0 Å². The van der Waals surface area contributed by atoms with Crippen LogP contribution in [-0.2, 0) is 6.54 Å². The second kappa shape index (κ2) is 6.05. The maximum absolute atomic E-state index is 6.02. The fraction of sp³-hybridized carbons (Fsp3) is 0.188. The number of aliphatic imine (C=N–C) groups is 1. The van der Waals surface area contributed by atoms with Gasteiger partial charge < -0.3 is 10.6 Å². The van der Waals surface area contributed by atoms with Gasteiger partial charge in [-0.05, 0) is 30.2 Å². The largest absolute Gasteiger partial charge is 0.369 e. The summed E-state index contributed by atoms with van der Waals surface area (Å²) in [7, 11) is 1.95. The van der Waals surface area contributed by atoms with Crippen LogP contribution in [0, 0.1) is 6.92 Å². The van der Waals surface area contributed by atoms with Crippen LogP contribution >= 0.6 is 0 Å². The summed E-state index contributed by atoms with van der Waals surface area (Å²) in [6, 6.07) is 18.0. The summed E-state index contributed by atoms with van der Waals surface area (Å²) in [4.78, 5) is 6.36. The van der Waals surface area contributed by atoms with Crippen LogP contribution in [0.5, 0.6) is 0 Å². The van der Waals surface area contributed by atoms with Crippen molar-refractivity contribution in [2.75, 3.05) is 7.05 Å². The molecule has 0 amide bonds. The normalized spacial score (nSPS) is 11.4. The van der Waals surface area contributed by atoms with Gasteiger partial charge in [0.25, 0.3) is 0 Å². The zero-order valence-corrected chi connectivity index (χ0v) is 11.4. The molecule has 0 aromatic heterocycles. The van der Waals surface area contributed by atoms with Gasteiger partial charge in [-0.25, -0.2) is 4.99 Å². The van der Waals surface area contributed by atoms with Crippen molar-refractivity contribution in [2.45, 2.75) is 13.5 Å². The summed E-state index contributed by atoms with van der Waals surface area (Å²) < 4.78 is 0. The lowest BCUT2D eigenvalue weighted by Crippen LogP contribution is -2.33. The Hall–Kier alpha value is -2.29.